The van der Waals surface area contributed by atoms with E-state index >= 15 is 0 Å². The van der Waals surface area contributed by atoms with Crippen molar-refractivity contribution in [3.05, 3.63) is 12.2 Å². The van der Waals surface area contributed by atoms with Gasteiger partial charge < -0.3 is 9.47 Å². The maximum absolute atomic E-state index is 5.73. The van der Waals surface area contributed by atoms with Gasteiger partial charge in [0.25, 0.3) is 0 Å². The molecule has 0 bridgehead atoms. The summed E-state index contributed by atoms with van der Waals surface area (Å²) in [5.41, 5.74) is 0. The smallest absolute Gasteiger partial charge is 0.157 e. The van der Waals surface area contributed by atoms with E-state index in [1.165, 1.54) is 51.4 Å². The summed E-state index contributed by atoms with van der Waals surface area (Å²) in [6.07, 6.45) is 17.4. The quantitative estimate of drug-likeness (QED) is 0.405. The van der Waals surface area contributed by atoms with E-state index in [9.17, 15) is 0 Å². The predicted octanol–water partition coefficient (Wildman–Crippen LogP) is 5.23. The van der Waals surface area contributed by atoms with Gasteiger partial charge in [-0.3, -0.25) is 0 Å². The van der Waals surface area contributed by atoms with Crippen molar-refractivity contribution in [2.45, 2.75) is 83.8 Å². The third-order valence-electron chi connectivity index (χ3n) is 3.68. The Morgan fingerprint density at radius 1 is 1.10 bits per heavy atom. The van der Waals surface area contributed by atoms with Gasteiger partial charge in [-0.05, 0) is 44.6 Å². The molecule has 1 saturated heterocycles. The number of hydrogen-bond acceptors (Lipinski definition) is 2. The topological polar surface area (TPSA) is 18.5 Å². The maximum atomic E-state index is 5.73. The lowest BCUT2D eigenvalue weighted by atomic mass is 10.1. The number of allylic oxidation sites excluding steroid dienone is 2. The number of rotatable bonds is 10. The lowest BCUT2D eigenvalue weighted by Crippen LogP contribution is -2.22. The zero-order chi connectivity index (χ0) is 15.0. The third-order valence-corrected chi connectivity index (χ3v) is 3.68. The van der Waals surface area contributed by atoms with Gasteiger partial charge >= 0.3 is 0 Å². The molecule has 21 heavy (non-hydrogen) atoms. The summed E-state index contributed by atoms with van der Waals surface area (Å²) in [6.45, 7) is 3.87. The second-order valence-corrected chi connectivity index (χ2v) is 5.67. The first-order chi connectivity index (χ1) is 10.4. The molecule has 1 heterocycles. The Morgan fingerprint density at radius 2 is 1.90 bits per heavy atom. The van der Waals surface area contributed by atoms with Gasteiger partial charge in [0.1, 0.15) is 0 Å². The van der Waals surface area contributed by atoms with Gasteiger partial charge in [0.05, 0.1) is 0 Å². The van der Waals surface area contributed by atoms with E-state index in [4.69, 9.17) is 9.47 Å². The van der Waals surface area contributed by atoms with Crippen LogP contribution in [0.4, 0.5) is 0 Å². The van der Waals surface area contributed by atoms with Gasteiger partial charge in [-0.2, -0.15) is 0 Å². The van der Waals surface area contributed by atoms with Crippen molar-refractivity contribution in [3.63, 3.8) is 0 Å². The first-order valence-electron chi connectivity index (χ1n) is 8.80. The van der Waals surface area contributed by atoms with Crippen LogP contribution in [0.15, 0.2) is 12.2 Å². The summed E-state index contributed by atoms with van der Waals surface area (Å²) < 4.78 is 11.3. The molecule has 0 aromatic heterocycles. The average Bonchev–Trinajstić information content (AvgIpc) is 2.53. The summed E-state index contributed by atoms with van der Waals surface area (Å²) in [5.74, 6) is 6.27. The molecule has 0 aromatic carbocycles. The van der Waals surface area contributed by atoms with Crippen LogP contribution in [0.25, 0.3) is 0 Å². The first kappa shape index (κ1) is 18.3. The molecule has 1 aliphatic heterocycles. The Hall–Kier alpha value is -0.780. The normalized spacial score (nSPS) is 18.6. The van der Waals surface area contributed by atoms with E-state index in [1.54, 1.807) is 0 Å². The first-order valence-corrected chi connectivity index (χ1v) is 8.80. The highest BCUT2D eigenvalue weighted by Crippen LogP contribution is 2.14. The fourth-order valence-electron chi connectivity index (χ4n) is 2.39. The zero-order valence-corrected chi connectivity index (χ0v) is 13.7. The highest BCUT2D eigenvalue weighted by molar-refractivity contribution is 5.14. The standard InChI is InChI=1S/C19H32O2/c1-2-3-4-5-6-7-8-9-10-11-12-14-17-20-19-16-13-15-18-21-19/h3-4,19H,2,7-18H2,1H3/b4-3+. The van der Waals surface area contributed by atoms with E-state index in [0.717, 1.165) is 32.5 Å². The summed E-state index contributed by atoms with van der Waals surface area (Å²) in [7, 11) is 0. The molecule has 0 aliphatic carbocycles. The van der Waals surface area contributed by atoms with E-state index in [2.05, 4.69) is 24.8 Å². The van der Waals surface area contributed by atoms with Gasteiger partial charge in [0, 0.05) is 19.6 Å². The highest BCUT2D eigenvalue weighted by atomic mass is 16.7. The molecule has 2 nitrogen and oxygen atoms in total. The van der Waals surface area contributed by atoms with E-state index in [0.29, 0.717) is 0 Å². The minimum absolute atomic E-state index is 0.0825. The summed E-state index contributed by atoms with van der Waals surface area (Å²) in [4.78, 5) is 0. The Kier molecular flexibility index (Phi) is 12.3. The monoisotopic (exact) mass is 292 g/mol. The molecule has 1 unspecified atom stereocenters. The second kappa shape index (κ2) is 14.2. The van der Waals surface area contributed by atoms with Gasteiger partial charge in [0.15, 0.2) is 6.29 Å². The minimum Gasteiger partial charge on any atom is -0.353 e. The predicted molar refractivity (Wildman–Crippen MR) is 89.1 cm³/mol. The lowest BCUT2D eigenvalue weighted by Gasteiger charge is -2.22. The van der Waals surface area contributed by atoms with Gasteiger partial charge in [0.2, 0.25) is 0 Å². The van der Waals surface area contributed by atoms with Crippen molar-refractivity contribution >= 4 is 0 Å². The van der Waals surface area contributed by atoms with E-state index < -0.39 is 0 Å². The van der Waals surface area contributed by atoms with E-state index in [-0.39, 0.29) is 6.29 Å². The molecule has 2 heteroatoms. The van der Waals surface area contributed by atoms with Crippen LogP contribution in [0.3, 0.4) is 0 Å². The largest absolute Gasteiger partial charge is 0.353 e. The molecule has 1 atom stereocenters. The molecule has 1 rings (SSSR count). The molecule has 120 valence electrons. The van der Waals surface area contributed by atoms with Gasteiger partial charge in [-0.15, -0.1) is 0 Å². The average molecular weight is 292 g/mol. The van der Waals surface area contributed by atoms with Gasteiger partial charge in [-0.25, -0.2) is 0 Å². The fourth-order valence-corrected chi connectivity index (χ4v) is 2.39. The summed E-state index contributed by atoms with van der Waals surface area (Å²) in [5, 5.41) is 0. The van der Waals surface area contributed by atoms with Gasteiger partial charge in [-0.1, -0.05) is 50.5 Å². The van der Waals surface area contributed by atoms with E-state index in [1.807, 2.05) is 6.08 Å². The maximum Gasteiger partial charge on any atom is 0.157 e. The molecule has 0 amide bonds. The highest BCUT2D eigenvalue weighted by Gasteiger charge is 2.13. The minimum atomic E-state index is 0.0825. The van der Waals surface area contributed by atoms with Crippen LogP contribution in [-0.2, 0) is 9.47 Å². The van der Waals surface area contributed by atoms with Crippen LogP contribution < -0.4 is 0 Å². The molecule has 0 saturated carbocycles. The Morgan fingerprint density at radius 3 is 2.67 bits per heavy atom. The third kappa shape index (κ3) is 11.5. The van der Waals surface area contributed by atoms with Crippen LogP contribution >= 0.6 is 0 Å². The van der Waals surface area contributed by atoms with Crippen LogP contribution in [0.2, 0.25) is 0 Å². The van der Waals surface area contributed by atoms with Crippen molar-refractivity contribution < 1.29 is 9.47 Å². The van der Waals surface area contributed by atoms with Crippen molar-refractivity contribution in [1.82, 2.24) is 0 Å². The molecule has 0 radical (unpaired) electrons. The number of hydrogen-bond donors (Lipinski definition) is 0. The second-order valence-electron chi connectivity index (χ2n) is 5.67. The van der Waals surface area contributed by atoms with Crippen molar-refractivity contribution in [2.75, 3.05) is 13.2 Å². The van der Waals surface area contributed by atoms with Crippen LogP contribution in [-0.4, -0.2) is 19.5 Å². The van der Waals surface area contributed by atoms with Crippen LogP contribution in [0.5, 0.6) is 0 Å². The fraction of sp³-hybridized carbons (Fsp3) is 0.789. The molecule has 0 N–H and O–H groups in total. The van der Waals surface area contributed by atoms with Crippen molar-refractivity contribution in [3.8, 4) is 11.8 Å². The Balaban J connectivity index is 1.77. The summed E-state index contributed by atoms with van der Waals surface area (Å²) in [6, 6.07) is 0. The number of unbranched alkanes of at least 4 members (excludes halogenated alkanes) is 6. The van der Waals surface area contributed by atoms with Crippen LogP contribution in [0.1, 0.15) is 77.6 Å². The van der Waals surface area contributed by atoms with Crippen molar-refractivity contribution in [2.24, 2.45) is 0 Å². The molecule has 1 fully saturated rings. The zero-order valence-electron chi connectivity index (χ0n) is 13.7. The summed E-state index contributed by atoms with van der Waals surface area (Å²) >= 11 is 0. The Labute approximate surface area is 131 Å². The molecular formula is C19H32O2. The molecular weight excluding hydrogens is 260 g/mol. The lowest BCUT2D eigenvalue weighted by molar-refractivity contribution is -0.162. The molecule has 1 aliphatic rings. The molecule has 0 spiro atoms. The Bertz CT molecular complexity index is 305. The SMILES string of the molecule is CC/C=C/C#CCCCCCCCCOC1CCCCO1. The van der Waals surface area contributed by atoms with Crippen molar-refractivity contribution in [1.29, 1.82) is 0 Å². The molecule has 0 aromatic rings. The number of ether oxygens (including phenoxy) is 2. The van der Waals surface area contributed by atoms with Crippen LogP contribution in [0, 0.1) is 11.8 Å².